The Balaban J connectivity index is 2.35. The van der Waals surface area contributed by atoms with Crippen molar-refractivity contribution in [2.45, 2.75) is 25.7 Å². The molecule has 1 aliphatic carbocycles. The molecule has 0 spiro atoms. The quantitative estimate of drug-likeness (QED) is 0.604. The number of aldehydes is 1. The lowest BCUT2D eigenvalue weighted by molar-refractivity contribution is 0.109. The molecule has 2 rings (SSSR count). The van der Waals surface area contributed by atoms with Crippen LogP contribution >= 0.6 is 0 Å². The lowest BCUT2D eigenvalue weighted by Crippen LogP contribution is -1.78. The molecule has 3 heteroatoms. The highest BCUT2D eigenvalue weighted by Gasteiger charge is 2.29. The summed E-state index contributed by atoms with van der Waals surface area (Å²) in [5.74, 6) is 1.61. The lowest BCUT2D eigenvalue weighted by Gasteiger charge is -1.82. The van der Waals surface area contributed by atoms with Gasteiger partial charge in [-0.1, -0.05) is 0 Å². The fraction of sp³-hybridized carbons (Fsp3) is 0.500. The zero-order valence-electron chi connectivity index (χ0n) is 6.33. The van der Waals surface area contributed by atoms with Gasteiger partial charge in [-0.05, 0) is 19.8 Å². The van der Waals surface area contributed by atoms with Crippen LogP contribution in [0.3, 0.4) is 0 Å². The molecule has 0 N–H and O–H groups in total. The molecule has 3 nitrogen and oxygen atoms in total. The number of oxazole rings is 1. The first-order chi connectivity index (χ1) is 5.31. The number of aromatic nitrogens is 1. The number of nitrogens with zero attached hydrogens (tertiary/aromatic N) is 1. The number of rotatable bonds is 2. The van der Waals surface area contributed by atoms with Gasteiger partial charge < -0.3 is 4.42 Å². The van der Waals surface area contributed by atoms with Gasteiger partial charge in [0.15, 0.2) is 17.9 Å². The molecule has 0 aromatic carbocycles. The van der Waals surface area contributed by atoms with Crippen molar-refractivity contribution in [3.63, 3.8) is 0 Å². The average molecular weight is 151 g/mol. The predicted molar refractivity (Wildman–Crippen MR) is 38.6 cm³/mol. The smallest absolute Gasteiger partial charge is 0.198 e. The topological polar surface area (TPSA) is 43.1 Å². The maximum absolute atomic E-state index is 10.3. The van der Waals surface area contributed by atoms with Crippen molar-refractivity contribution >= 4 is 6.29 Å². The third-order valence-corrected chi connectivity index (χ3v) is 1.88. The summed E-state index contributed by atoms with van der Waals surface area (Å²) in [6, 6.07) is 0. The maximum Gasteiger partial charge on any atom is 0.198 e. The number of hydrogen-bond acceptors (Lipinski definition) is 3. The third-order valence-electron chi connectivity index (χ3n) is 1.88. The molecule has 11 heavy (non-hydrogen) atoms. The second-order valence-corrected chi connectivity index (χ2v) is 2.89. The first-order valence-electron chi connectivity index (χ1n) is 3.74. The van der Waals surface area contributed by atoms with Crippen LogP contribution < -0.4 is 0 Å². The molecule has 0 amide bonds. The van der Waals surface area contributed by atoms with Gasteiger partial charge in [-0.3, -0.25) is 4.79 Å². The summed E-state index contributed by atoms with van der Waals surface area (Å²) in [6.45, 7) is 1.79. The van der Waals surface area contributed by atoms with Crippen LogP contribution in [0.5, 0.6) is 0 Å². The van der Waals surface area contributed by atoms with E-state index in [1.165, 1.54) is 0 Å². The molecular formula is C8H9NO2. The Hall–Kier alpha value is -1.12. The van der Waals surface area contributed by atoms with Gasteiger partial charge in [0.05, 0.1) is 5.69 Å². The summed E-state index contributed by atoms with van der Waals surface area (Å²) in [7, 11) is 0. The van der Waals surface area contributed by atoms with Gasteiger partial charge in [-0.25, -0.2) is 4.98 Å². The Morgan fingerprint density at radius 2 is 2.36 bits per heavy atom. The van der Waals surface area contributed by atoms with Crippen molar-refractivity contribution in [3.05, 3.63) is 17.3 Å². The molecule has 0 unspecified atom stereocenters. The second kappa shape index (κ2) is 2.19. The molecule has 0 aliphatic heterocycles. The Morgan fingerprint density at radius 1 is 1.64 bits per heavy atom. The molecular weight excluding hydrogens is 142 g/mol. The number of carbonyl (C=O) groups is 1. The van der Waals surface area contributed by atoms with Crippen molar-refractivity contribution in [3.8, 4) is 0 Å². The van der Waals surface area contributed by atoms with Gasteiger partial charge in [-0.2, -0.15) is 0 Å². The van der Waals surface area contributed by atoms with Gasteiger partial charge in [0.1, 0.15) is 0 Å². The van der Waals surface area contributed by atoms with Crippen LogP contribution in [0.15, 0.2) is 4.42 Å². The van der Waals surface area contributed by atoms with Crippen molar-refractivity contribution in [2.24, 2.45) is 0 Å². The highest BCUT2D eigenvalue weighted by molar-refractivity contribution is 5.71. The standard InChI is InChI=1S/C8H9NO2/c1-5-7(4-10)11-8(9-5)6-2-3-6/h4,6H,2-3H2,1H3. The van der Waals surface area contributed by atoms with E-state index in [0.29, 0.717) is 23.7 Å². The molecule has 1 aliphatic rings. The Bertz CT molecular complexity index is 286. The molecule has 1 aromatic rings. The minimum atomic E-state index is 0.381. The second-order valence-electron chi connectivity index (χ2n) is 2.89. The largest absolute Gasteiger partial charge is 0.437 e. The minimum absolute atomic E-state index is 0.381. The lowest BCUT2D eigenvalue weighted by atomic mass is 10.4. The van der Waals surface area contributed by atoms with Gasteiger partial charge >= 0.3 is 0 Å². The zero-order chi connectivity index (χ0) is 7.84. The van der Waals surface area contributed by atoms with E-state index in [1.807, 2.05) is 0 Å². The zero-order valence-corrected chi connectivity index (χ0v) is 6.33. The van der Waals surface area contributed by atoms with E-state index >= 15 is 0 Å². The van der Waals surface area contributed by atoms with E-state index < -0.39 is 0 Å². The van der Waals surface area contributed by atoms with Crippen molar-refractivity contribution in [2.75, 3.05) is 0 Å². The van der Waals surface area contributed by atoms with Gasteiger partial charge in [0, 0.05) is 5.92 Å². The van der Waals surface area contributed by atoms with E-state index in [2.05, 4.69) is 4.98 Å². The fourth-order valence-electron chi connectivity index (χ4n) is 1.04. The molecule has 1 heterocycles. The van der Waals surface area contributed by atoms with Gasteiger partial charge in [0.25, 0.3) is 0 Å². The van der Waals surface area contributed by atoms with Gasteiger partial charge in [0.2, 0.25) is 0 Å². The first kappa shape index (κ1) is 6.58. The summed E-state index contributed by atoms with van der Waals surface area (Å²) in [5.41, 5.74) is 0.710. The SMILES string of the molecule is Cc1nc(C2CC2)oc1C=O. The van der Waals surface area contributed by atoms with Crippen LogP contribution in [0.2, 0.25) is 0 Å². The molecule has 58 valence electrons. The van der Waals surface area contributed by atoms with Crippen LogP contribution in [0.4, 0.5) is 0 Å². The first-order valence-corrected chi connectivity index (χ1v) is 3.74. The summed E-state index contributed by atoms with van der Waals surface area (Å²) >= 11 is 0. The van der Waals surface area contributed by atoms with E-state index in [9.17, 15) is 4.79 Å². The minimum Gasteiger partial charge on any atom is -0.437 e. The molecule has 1 fully saturated rings. The Labute approximate surface area is 64.4 Å². The van der Waals surface area contributed by atoms with Crippen LogP contribution in [-0.2, 0) is 0 Å². The summed E-state index contributed by atoms with van der Waals surface area (Å²) in [5, 5.41) is 0. The summed E-state index contributed by atoms with van der Waals surface area (Å²) < 4.78 is 5.21. The predicted octanol–water partition coefficient (Wildman–Crippen LogP) is 1.67. The van der Waals surface area contributed by atoms with Gasteiger partial charge in [-0.15, -0.1) is 0 Å². The van der Waals surface area contributed by atoms with E-state index in [0.717, 1.165) is 18.7 Å². The monoisotopic (exact) mass is 151 g/mol. The molecule has 0 saturated heterocycles. The molecule has 0 atom stereocenters. The van der Waals surface area contributed by atoms with Crippen LogP contribution in [0, 0.1) is 6.92 Å². The Morgan fingerprint density at radius 3 is 2.82 bits per heavy atom. The summed E-state index contributed by atoms with van der Waals surface area (Å²) in [4.78, 5) is 14.5. The van der Waals surface area contributed by atoms with Crippen molar-refractivity contribution in [1.29, 1.82) is 0 Å². The Kier molecular flexibility index (Phi) is 1.31. The van der Waals surface area contributed by atoms with Crippen LogP contribution in [-0.4, -0.2) is 11.3 Å². The number of carbonyl (C=O) groups excluding carboxylic acids is 1. The van der Waals surface area contributed by atoms with Crippen LogP contribution in [0.1, 0.15) is 40.9 Å². The van der Waals surface area contributed by atoms with E-state index in [4.69, 9.17) is 4.42 Å². The summed E-state index contributed by atoms with van der Waals surface area (Å²) in [6.07, 6.45) is 3.02. The maximum atomic E-state index is 10.3. The molecule has 0 radical (unpaired) electrons. The highest BCUT2D eigenvalue weighted by atomic mass is 16.4. The molecule has 1 saturated carbocycles. The van der Waals surface area contributed by atoms with E-state index in [-0.39, 0.29) is 0 Å². The third kappa shape index (κ3) is 1.06. The molecule has 1 aromatic heterocycles. The number of hydrogen-bond donors (Lipinski definition) is 0. The average Bonchev–Trinajstić information content (AvgIpc) is 2.76. The van der Waals surface area contributed by atoms with E-state index in [1.54, 1.807) is 6.92 Å². The van der Waals surface area contributed by atoms with Crippen molar-refractivity contribution < 1.29 is 9.21 Å². The number of aryl methyl sites for hydroxylation is 1. The normalized spacial score (nSPS) is 16.8. The molecule has 0 bridgehead atoms. The highest BCUT2D eigenvalue weighted by Crippen LogP contribution is 2.39. The van der Waals surface area contributed by atoms with Crippen molar-refractivity contribution in [1.82, 2.24) is 4.98 Å². The van der Waals surface area contributed by atoms with Crippen LogP contribution in [0.25, 0.3) is 0 Å². The fourth-order valence-corrected chi connectivity index (χ4v) is 1.04.